The number of rotatable bonds is 2. The van der Waals surface area contributed by atoms with Crippen LogP contribution in [-0.2, 0) is 6.54 Å². The lowest BCUT2D eigenvalue weighted by atomic mass is 10.2. The molecule has 0 N–H and O–H groups in total. The minimum absolute atomic E-state index is 0.182. The molecule has 3 nitrogen and oxygen atoms in total. The van der Waals surface area contributed by atoms with Crippen LogP contribution in [0.25, 0.3) is 10.9 Å². The molecule has 0 spiro atoms. The molecule has 2 aromatic carbocycles. The quantitative estimate of drug-likeness (QED) is 0.686. The largest absolute Gasteiger partial charge is 0.294 e. The summed E-state index contributed by atoms with van der Waals surface area (Å²) in [7, 11) is 0. The van der Waals surface area contributed by atoms with Gasteiger partial charge in [0.1, 0.15) is 5.82 Å². The van der Waals surface area contributed by atoms with Crippen molar-refractivity contribution in [3.63, 3.8) is 0 Å². The van der Waals surface area contributed by atoms with E-state index < -0.39 is 0 Å². The van der Waals surface area contributed by atoms with Crippen molar-refractivity contribution in [3.8, 4) is 0 Å². The highest BCUT2D eigenvalue weighted by Gasteiger charge is 2.08. The van der Waals surface area contributed by atoms with E-state index in [-0.39, 0.29) is 11.4 Å². The predicted molar refractivity (Wildman–Crippen MR) is 84.2 cm³/mol. The summed E-state index contributed by atoms with van der Waals surface area (Å²) in [5.74, 6) is -0.332. The Morgan fingerprint density at radius 3 is 2.81 bits per heavy atom. The maximum Gasteiger partial charge on any atom is 0.261 e. The van der Waals surface area contributed by atoms with Gasteiger partial charge < -0.3 is 0 Å². The first kappa shape index (κ1) is 14.2. The Balaban J connectivity index is 2.09. The van der Waals surface area contributed by atoms with E-state index in [0.29, 0.717) is 26.9 Å². The van der Waals surface area contributed by atoms with Gasteiger partial charge in [-0.3, -0.25) is 9.36 Å². The Labute approximate surface area is 133 Å². The maximum atomic E-state index is 13.1. The van der Waals surface area contributed by atoms with E-state index in [2.05, 4.69) is 20.9 Å². The average molecular weight is 368 g/mol. The summed E-state index contributed by atoms with van der Waals surface area (Å²) in [5.41, 5.74) is 1.21. The van der Waals surface area contributed by atoms with E-state index in [0.717, 1.165) is 5.56 Å². The summed E-state index contributed by atoms with van der Waals surface area (Å²) in [6.45, 7) is 0.301. The van der Waals surface area contributed by atoms with E-state index in [1.54, 1.807) is 24.3 Å². The van der Waals surface area contributed by atoms with Gasteiger partial charge in [0, 0.05) is 9.50 Å². The zero-order valence-electron chi connectivity index (χ0n) is 10.7. The van der Waals surface area contributed by atoms with Crippen molar-refractivity contribution in [1.82, 2.24) is 9.55 Å². The van der Waals surface area contributed by atoms with Crippen molar-refractivity contribution in [2.45, 2.75) is 6.54 Å². The number of nitrogens with zero attached hydrogens (tertiary/aromatic N) is 2. The van der Waals surface area contributed by atoms with Crippen LogP contribution in [0.4, 0.5) is 4.39 Å². The lowest BCUT2D eigenvalue weighted by Crippen LogP contribution is -2.21. The van der Waals surface area contributed by atoms with Crippen molar-refractivity contribution < 1.29 is 4.39 Å². The van der Waals surface area contributed by atoms with Crippen LogP contribution in [0.5, 0.6) is 0 Å². The van der Waals surface area contributed by atoms with Crippen LogP contribution in [0, 0.1) is 5.82 Å². The molecule has 0 aliphatic heterocycles. The van der Waals surface area contributed by atoms with Crippen LogP contribution in [-0.4, -0.2) is 9.55 Å². The van der Waals surface area contributed by atoms with Gasteiger partial charge in [-0.25, -0.2) is 9.37 Å². The maximum absolute atomic E-state index is 13.1. The molecular weight excluding hydrogens is 359 g/mol. The van der Waals surface area contributed by atoms with Gasteiger partial charge >= 0.3 is 0 Å². The monoisotopic (exact) mass is 366 g/mol. The van der Waals surface area contributed by atoms with Crippen LogP contribution in [0.3, 0.4) is 0 Å². The van der Waals surface area contributed by atoms with Crippen molar-refractivity contribution in [2.75, 3.05) is 0 Å². The van der Waals surface area contributed by atoms with E-state index in [9.17, 15) is 9.18 Å². The van der Waals surface area contributed by atoms with Gasteiger partial charge in [0.25, 0.3) is 5.56 Å². The molecule has 0 bridgehead atoms. The molecular formula is C15H9BrClFN2O. The van der Waals surface area contributed by atoms with Crippen molar-refractivity contribution in [1.29, 1.82) is 0 Å². The fraction of sp³-hybridized carbons (Fsp3) is 0.0667. The second-order valence-corrected chi connectivity index (χ2v) is 5.87. The van der Waals surface area contributed by atoms with Crippen LogP contribution in [0.15, 0.2) is 52.0 Å². The first-order valence-corrected chi connectivity index (χ1v) is 7.30. The molecule has 3 aromatic rings. The van der Waals surface area contributed by atoms with Crippen LogP contribution < -0.4 is 5.56 Å². The highest BCUT2D eigenvalue weighted by Crippen LogP contribution is 2.19. The molecule has 1 heterocycles. The van der Waals surface area contributed by atoms with Gasteiger partial charge in [-0.15, -0.1) is 0 Å². The fourth-order valence-corrected chi connectivity index (χ4v) is 2.73. The van der Waals surface area contributed by atoms with Gasteiger partial charge in [0.2, 0.25) is 0 Å². The third-order valence-corrected chi connectivity index (χ3v) is 4.12. The summed E-state index contributed by atoms with van der Waals surface area (Å²) in [6.07, 6.45) is 1.48. The highest BCUT2D eigenvalue weighted by atomic mass is 79.9. The van der Waals surface area contributed by atoms with Crippen LogP contribution in [0.2, 0.25) is 5.02 Å². The standard InChI is InChI=1S/C15H9BrClFN2O/c16-13-6-11(18)3-1-9(13)7-20-8-19-14-4-2-10(17)5-12(14)15(20)21/h1-6,8H,7H2. The summed E-state index contributed by atoms with van der Waals surface area (Å²) < 4.78 is 15.2. The van der Waals surface area contributed by atoms with E-state index in [1.165, 1.54) is 23.0 Å². The molecule has 106 valence electrons. The van der Waals surface area contributed by atoms with Crippen molar-refractivity contribution in [3.05, 3.63) is 74.0 Å². The Bertz CT molecular complexity index is 894. The molecule has 0 aliphatic carbocycles. The van der Waals surface area contributed by atoms with Crippen molar-refractivity contribution >= 4 is 38.4 Å². The smallest absolute Gasteiger partial charge is 0.261 e. The molecule has 0 saturated heterocycles. The molecule has 0 aliphatic rings. The lowest BCUT2D eigenvalue weighted by molar-refractivity contribution is 0.624. The fourth-order valence-electron chi connectivity index (χ4n) is 2.08. The Hall–Kier alpha value is -1.72. The Morgan fingerprint density at radius 1 is 1.24 bits per heavy atom. The van der Waals surface area contributed by atoms with Gasteiger partial charge in [0.15, 0.2) is 0 Å². The van der Waals surface area contributed by atoms with Crippen LogP contribution in [0.1, 0.15) is 5.56 Å². The van der Waals surface area contributed by atoms with Gasteiger partial charge in [0.05, 0.1) is 23.8 Å². The lowest BCUT2D eigenvalue weighted by Gasteiger charge is -2.08. The third kappa shape index (κ3) is 2.84. The van der Waals surface area contributed by atoms with Gasteiger partial charge in [-0.1, -0.05) is 33.6 Å². The minimum Gasteiger partial charge on any atom is -0.294 e. The van der Waals surface area contributed by atoms with Gasteiger partial charge in [-0.2, -0.15) is 0 Å². The van der Waals surface area contributed by atoms with E-state index in [4.69, 9.17) is 11.6 Å². The number of aromatic nitrogens is 2. The molecule has 0 atom stereocenters. The minimum atomic E-state index is -0.332. The first-order valence-electron chi connectivity index (χ1n) is 6.13. The SMILES string of the molecule is O=c1c2cc(Cl)ccc2ncn1Cc1ccc(F)cc1Br. The molecule has 0 unspecified atom stereocenters. The molecule has 0 fully saturated rings. The highest BCUT2D eigenvalue weighted by molar-refractivity contribution is 9.10. The second-order valence-electron chi connectivity index (χ2n) is 4.57. The summed E-state index contributed by atoms with van der Waals surface area (Å²) in [4.78, 5) is 16.7. The molecule has 1 aromatic heterocycles. The first-order chi connectivity index (χ1) is 10.0. The molecule has 0 saturated carbocycles. The Kier molecular flexibility index (Phi) is 3.78. The van der Waals surface area contributed by atoms with E-state index >= 15 is 0 Å². The molecule has 6 heteroatoms. The van der Waals surface area contributed by atoms with E-state index in [1.807, 2.05) is 0 Å². The zero-order valence-corrected chi connectivity index (χ0v) is 13.0. The molecule has 3 rings (SSSR count). The normalized spacial score (nSPS) is 11.0. The predicted octanol–water partition coefficient (Wildman–Crippen LogP) is 4.00. The summed E-state index contributed by atoms with van der Waals surface area (Å²) in [6, 6.07) is 9.35. The average Bonchev–Trinajstić information content (AvgIpc) is 2.45. The molecule has 0 amide bonds. The molecule has 21 heavy (non-hydrogen) atoms. The number of hydrogen-bond acceptors (Lipinski definition) is 2. The number of fused-ring (bicyclic) bond motifs is 1. The Morgan fingerprint density at radius 2 is 2.05 bits per heavy atom. The van der Waals surface area contributed by atoms with Gasteiger partial charge in [-0.05, 0) is 35.9 Å². The number of benzene rings is 2. The number of hydrogen-bond donors (Lipinski definition) is 0. The summed E-state index contributed by atoms with van der Waals surface area (Å²) >= 11 is 9.21. The topological polar surface area (TPSA) is 34.9 Å². The van der Waals surface area contributed by atoms with Crippen molar-refractivity contribution in [2.24, 2.45) is 0 Å². The number of halogens is 3. The molecule has 0 radical (unpaired) electrons. The second kappa shape index (κ2) is 5.58. The zero-order chi connectivity index (χ0) is 15.0. The summed E-state index contributed by atoms with van der Waals surface area (Å²) in [5, 5.41) is 0.949. The van der Waals surface area contributed by atoms with Crippen LogP contribution >= 0.6 is 27.5 Å². The third-order valence-electron chi connectivity index (χ3n) is 3.14.